The zero-order valence-electron chi connectivity index (χ0n) is 13.5. The highest BCUT2D eigenvalue weighted by molar-refractivity contribution is 5.94. The van der Waals surface area contributed by atoms with Crippen molar-refractivity contribution in [3.63, 3.8) is 0 Å². The quantitative estimate of drug-likeness (QED) is 0.486. The molecule has 0 saturated heterocycles. The van der Waals surface area contributed by atoms with Crippen LogP contribution in [0.4, 0.5) is 0 Å². The van der Waals surface area contributed by atoms with Gasteiger partial charge in [-0.05, 0) is 24.1 Å². The summed E-state index contributed by atoms with van der Waals surface area (Å²) in [6.45, 7) is 1.77. The zero-order valence-corrected chi connectivity index (χ0v) is 13.5. The number of hydrogen-bond donors (Lipinski definition) is 2. The summed E-state index contributed by atoms with van der Waals surface area (Å²) in [6, 6.07) is 18.7. The molecule has 2 aromatic carbocycles. The van der Waals surface area contributed by atoms with Crippen LogP contribution in [-0.4, -0.2) is 16.7 Å². The van der Waals surface area contributed by atoms with E-state index in [2.05, 4.69) is 10.5 Å². The van der Waals surface area contributed by atoms with Crippen LogP contribution in [0.5, 0.6) is 0 Å². The van der Waals surface area contributed by atoms with Crippen LogP contribution >= 0.6 is 0 Å². The minimum absolute atomic E-state index is 0.532. The molecule has 0 heterocycles. The van der Waals surface area contributed by atoms with Gasteiger partial charge in [-0.2, -0.15) is 5.10 Å². The Balaban J connectivity index is 1.86. The molecule has 0 aliphatic carbocycles. The average Bonchev–Trinajstić information content (AvgIpc) is 2.64. The van der Waals surface area contributed by atoms with E-state index in [1.165, 1.54) is 0 Å². The molecule has 0 fully saturated rings. The Hall–Kier alpha value is -2.98. The lowest BCUT2D eigenvalue weighted by Gasteiger charge is -2.08. The molecule has 0 spiro atoms. The molecule has 24 heavy (non-hydrogen) atoms. The minimum Gasteiger partial charge on any atom is -0.378 e. The van der Waals surface area contributed by atoms with E-state index in [4.69, 9.17) is 0 Å². The molecule has 0 aliphatic rings. The second kappa shape index (κ2) is 9.22. The van der Waals surface area contributed by atoms with Gasteiger partial charge in [-0.1, -0.05) is 78.9 Å². The molecular weight excluding hydrogens is 300 g/mol. The molecule has 4 heteroatoms. The van der Waals surface area contributed by atoms with Crippen molar-refractivity contribution in [3.05, 3.63) is 90.0 Å². The van der Waals surface area contributed by atoms with Gasteiger partial charge in [-0.15, -0.1) is 0 Å². The predicted octanol–water partition coefficient (Wildman–Crippen LogP) is 3.48. The van der Waals surface area contributed by atoms with Gasteiger partial charge in [0, 0.05) is 0 Å². The summed E-state index contributed by atoms with van der Waals surface area (Å²) in [5.74, 6) is -0.561. The second-order valence-electron chi connectivity index (χ2n) is 5.17. The summed E-state index contributed by atoms with van der Waals surface area (Å²) in [4.78, 5) is 11.9. The summed E-state index contributed by atoms with van der Waals surface area (Å²) in [5, 5.41) is 13.9. The van der Waals surface area contributed by atoms with Gasteiger partial charge in [0.05, 0.1) is 5.71 Å². The molecule has 0 aliphatic heterocycles. The normalized spacial score (nSPS) is 13.3. The maximum Gasteiger partial charge on any atom is 0.273 e. The number of nitrogens with one attached hydrogen (secondary N) is 1. The lowest BCUT2D eigenvalue weighted by atomic mass is 10.1. The van der Waals surface area contributed by atoms with E-state index in [9.17, 15) is 9.90 Å². The molecule has 2 aromatic rings. The van der Waals surface area contributed by atoms with Crippen LogP contribution in [0.1, 0.15) is 24.2 Å². The van der Waals surface area contributed by atoms with E-state index in [-0.39, 0.29) is 0 Å². The lowest BCUT2D eigenvalue weighted by Crippen LogP contribution is -2.25. The highest BCUT2D eigenvalue weighted by Gasteiger charge is 2.15. The second-order valence-corrected chi connectivity index (χ2v) is 5.17. The third-order valence-electron chi connectivity index (χ3n) is 3.24. The molecule has 0 radical (unpaired) electrons. The van der Waals surface area contributed by atoms with Crippen molar-refractivity contribution in [3.8, 4) is 0 Å². The standard InChI is InChI=1S/C20H20N2O2/c1-16(10-8-9-13-17-11-4-2-5-12-17)21-22-20(24)19(23)18-14-6-3-7-15-18/h2-15,19,23H,1H3,(H,22,24)/b10-8+,13-9+,21-16?. The van der Waals surface area contributed by atoms with Crippen molar-refractivity contribution in [2.75, 3.05) is 0 Å². The fraction of sp³-hybridized carbons (Fsp3) is 0.100. The molecule has 1 amide bonds. The molecule has 2 rings (SSSR count). The average molecular weight is 320 g/mol. The number of allylic oxidation sites excluding steroid dienone is 3. The highest BCUT2D eigenvalue weighted by Crippen LogP contribution is 2.11. The van der Waals surface area contributed by atoms with Crippen molar-refractivity contribution in [1.82, 2.24) is 5.43 Å². The number of benzene rings is 2. The number of aliphatic hydroxyl groups is 1. The van der Waals surface area contributed by atoms with Gasteiger partial charge in [-0.25, -0.2) is 5.43 Å². The third kappa shape index (κ3) is 5.66. The largest absolute Gasteiger partial charge is 0.378 e. The molecule has 1 unspecified atom stereocenters. The molecule has 2 N–H and O–H groups in total. The molecule has 0 aromatic heterocycles. The summed E-state index contributed by atoms with van der Waals surface area (Å²) in [7, 11) is 0. The minimum atomic E-state index is -1.23. The molecule has 1 atom stereocenters. The van der Waals surface area contributed by atoms with E-state index in [1.54, 1.807) is 37.3 Å². The van der Waals surface area contributed by atoms with E-state index < -0.39 is 12.0 Å². The molecule has 0 bridgehead atoms. The fourth-order valence-electron chi connectivity index (χ4n) is 1.95. The maximum atomic E-state index is 11.9. The van der Waals surface area contributed by atoms with Crippen LogP contribution in [0.3, 0.4) is 0 Å². The first-order valence-electron chi connectivity index (χ1n) is 7.64. The van der Waals surface area contributed by atoms with E-state index in [0.717, 1.165) is 5.56 Å². The Labute approximate surface area is 141 Å². The van der Waals surface area contributed by atoms with Gasteiger partial charge < -0.3 is 5.11 Å². The summed E-state index contributed by atoms with van der Waals surface area (Å²) < 4.78 is 0. The van der Waals surface area contributed by atoms with E-state index in [1.807, 2.05) is 54.6 Å². The van der Waals surface area contributed by atoms with Gasteiger partial charge in [0.15, 0.2) is 6.10 Å². The number of hydrogen-bond acceptors (Lipinski definition) is 3. The number of carbonyl (C=O) groups excluding carboxylic acids is 1. The van der Waals surface area contributed by atoms with E-state index >= 15 is 0 Å². The number of hydrazone groups is 1. The first-order chi connectivity index (χ1) is 11.7. The molecule has 122 valence electrons. The summed E-state index contributed by atoms with van der Waals surface area (Å²) >= 11 is 0. The van der Waals surface area contributed by atoms with Gasteiger partial charge in [0.2, 0.25) is 0 Å². The van der Waals surface area contributed by atoms with Crippen molar-refractivity contribution >= 4 is 17.7 Å². The Bertz CT molecular complexity index is 735. The van der Waals surface area contributed by atoms with Gasteiger partial charge in [0.25, 0.3) is 5.91 Å². The maximum absolute atomic E-state index is 11.9. The highest BCUT2D eigenvalue weighted by atomic mass is 16.3. The number of nitrogens with zero attached hydrogens (tertiary/aromatic N) is 1. The third-order valence-corrected chi connectivity index (χ3v) is 3.24. The van der Waals surface area contributed by atoms with Crippen molar-refractivity contribution in [2.45, 2.75) is 13.0 Å². The Morgan fingerprint density at radius 3 is 2.33 bits per heavy atom. The lowest BCUT2D eigenvalue weighted by molar-refractivity contribution is -0.129. The predicted molar refractivity (Wildman–Crippen MR) is 97.3 cm³/mol. The monoisotopic (exact) mass is 320 g/mol. The van der Waals surface area contributed by atoms with Gasteiger partial charge >= 0.3 is 0 Å². The topological polar surface area (TPSA) is 61.7 Å². The van der Waals surface area contributed by atoms with Crippen molar-refractivity contribution in [2.24, 2.45) is 5.10 Å². The molecule has 4 nitrogen and oxygen atoms in total. The van der Waals surface area contributed by atoms with Gasteiger partial charge in [-0.3, -0.25) is 4.79 Å². The Morgan fingerprint density at radius 1 is 1.04 bits per heavy atom. The number of aliphatic hydroxyl groups excluding tert-OH is 1. The Morgan fingerprint density at radius 2 is 1.67 bits per heavy atom. The zero-order chi connectivity index (χ0) is 17.2. The molecule has 0 saturated carbocycles. The smallest absolute Gasteiger partial charge is 0.273 e. The van der Waals surface area contributed by atoms with Crippen LogP contribution in [-0.2, 0) is 4.79 Å². The van der Waals surface area contributed by atoms with E-state index in [0.29, 0.717) is 11.3 Å². The van der Waals surface area contributed by atoms with Crippen molar-refractivity contribution < 1.29 is 9.90 Å². The first kappa shape index (κ1) is 17.4. The van der Waals surface area contributed by atoms with Crippen LogP contribution in [0.2, 0.25) is 0 Å². The van der Waals surface area contributed by atoms with Crippen LogP contribution in [0.15, 0.2) is 84.0 Å². The molecular formula is C20H20N2O2. The van der Waals surface area contributed by atoms with Crippen LogP contribution in [0.25, 0.3) is 6.08 Å². The summed E-state index contributed by atoms with van der Waals surface area (Å²) in [5.41, 5.74) is 4.63. The van der Waals surface area contributed by atoms with Gasteiger partial charge in [0.1, 0.15) is 0 Å². The van der Waals surface area contributed by atoms with Crippen LogP contribution < -0.4 is 5.43 Å². The number of carbonyl (C=O) groups is 1. The SMILES string of the molecule is CC(/C=C/C=C/c1ccccc1)=NNC(=O)C(O)c1ccccc1. The summed E-state index contributed by atoms with van der Waals surface area (Å²) in [6.07, 6.45) is 6.25. The van der Waals surface area contributed by atoms with Crippen LogP contribution in [0, 0.1) is 0 Å². The fourth-order valence-corrected chi connectivity index (χ4v) is 1.95. The van der Waals surface area contributed by atoms with Crippen molar-refractivity contribution in [1.29, 1.82) is 0 Å². The first-order valence-corrected chi connectivity index (χ1v) is 7.64. The number of amides is 1. The Kier molecular flexibility index (Phi) is 6.68. The number of rotatable bonds is 6.